The minimum absolute atomic E-state index is 0.239. The number of urea groups is 1. The van der Waals surface area contributed by atoms with Crippen LogP contribution in [0.1, 0.15) is 23.0 Å². The van der Waals surface area contributed by atoms with Gasteiger partial charge < -0.3 is 19.7 Å². The first-order valence-corrected chi connectivity index (χ1v) is 9.87. The fourth-order valence-electron chi connectivity index (χ4n) is 2.85. The maximum atomic E-state index is 12.8. The number of benzene rings is 1. The Balaban J connectivity index is 1.65. The van der Waals surface area contributed by atoms with Crippen molar-refractivity contribution in [3.8, 4) is 5.69 Å². The third-order valence-corrected chi connectivity index (χ3v) is 4.41. The molecule has 0 saturated carbocycles. The number of aromatic nitrogens is 3. The topological polar surface area (TPSA) is 98.6 Å². The highest BCUT2D eigenvalue weighted by molar-refractivity contribution is 5.89. The summed E-state index contributed by atoms with van der Waals surface area (Å²) in [4.78, 5) is 30.3. The van der Waals surface area contributed by atoms with Crippen molar-refractivity contribution in [2.24, 2.45) is 0 Å². The molecule has 1 N–H and O–H groups in total. The van der Waals surface area contributed by atoms with Crippen molar-refractivity contribution in [3.05, 3.63) is 72.3 Å². The Hall–Kier alpha value is -3.72. The van der Waals surface area contributed by atoms with Gasteiger partial charge in [-0.3, -0.25) is 4.98 Å². The zero-order valence-electron chi connectivity index (χ0n) is 17.5. The van der Waals surface area contributed by atoms with E-state index in [9.17, 15) is 9.59 Å². The number of methoxy groups -OCH3 is 1. The van der Waals surface area contributed by atoms with Crippen LogP contribution in [0.4, 0.5) is 10.5 Å². The van der Waals surface area contributed by atoms with Crippen LogP contribution in [0.15, 0.2) is 61.1 Å². The van der Waals surface area contributed by atoms with Crippen molar-refractivity contribution in [3.63, 3.8) is 0 Å². The van der Waals surface area contributed by atoms with E-state index in [4.69, 9.17) is 9.47 Å². The summed E-state index contributed by atoms with van der Waals surface area (Å²) in [5.74, 6) is -0.463. The van der Waals surface area contributed by atoms with Crippen molar-refractivity contribution in [1.82, 2.24) is 19.7 Å². The van der Waals surface area contributed by atoms with Gasteiger partial charge in [-0.2, -0.15) is 5.10 Å². The first-order valence-electron chi connectivity index (χ1n) is 9.87. The van der Waals surface area contributed by atoms with Gasteiger partial charge in [-0.15, -0.1) is 0 Å². The molecule has 3 rings (SSSR count). The highest BCUT2D eigenvalue weighted by atomic mass is 16.5. The molecule has 0 atom stereocenters. The molecule has 162 valence electrons. The van der Waals surface area contributed by atoms with Gasteiger partial charge in [-0.05, 0) is 48.9 Å². The molecular formula is C22H25N5O4. The van der Waals surface area contributed by atoms with Crippen molar-refractivity contribution in [2.45, 2.75) is 13.5 Å². The van der Waals surface area contributed by atoms with E-state index in [-0.39, 0.29) is 11.7 Å². The van der Waals surface area contributed by atoms with Crippen LogP contribution in [-0.2, 0) is 16.0 Å². The van der Waals surface area contributed by atoms with E-state index in [1.54, 1.807) is 72.5 Å². The number of carbonyl (C=O) groups excluding carboxylic acids is 2. The van der Waals surface area contributed by atoms with E-state index in [2.05, 4.69) is 15.4 Å². The normalized spacial score (nSPS) is 10.5. The standard InChI is InChI=1S/C22H25N5O4/c1-3-31-21(28)20-10-12-27(25-20)19-8-6-18(7-9-19)24-22(29)26(13-14-30-2)16-17-5-4-11-23-15-17/h4-12,15H,3,13-14,16H2,1-2H3,(H,24,29). The number of hydrogen-bond acceptors (Lipinski definition) is 6. The number of hydrogen-bond donors (Lipinski definition) is 1. The molecule has 0 aliphatic rings. The summed E-state index contributed by atoms with van der Waals surface area (Å²) < 4.78 is 11.7. The Kier molecular flexibility index (Phi) is 7.72. The van der Waals surface area contributed by atoms with Gasteiger partial charge in [0.1, 0.15) is 0 Å². The van der Waals surface area contributed by atoms with Crippen LogP contribution in [0.25, 0.3) is 5.69 Å². The molecular weight excluding hydrogens is 398 g/mol. The lowest BCUT2D eigenvalue weighted by molar-refractivity contribution is 0.0519. The van der Waals surface area contributed by atoms with Crippen LogP contribution >= 0.6 is 0 Å². The number of amides is 2. The molecule has 2 heterocycles. The quantitative estimate of drug-likeness (QED) is 0.531. The summed E-state index contributed by atoms with van der Waals surface area (Å²) in [7, 11) is 1.60. The summed E-state index contributed by atoms with van der Waals surface area (Å²) >= 11 is 0. The van der Waals surface area contributed by atoms with Gasteiger partial charge in [0.15, 0.2) is 5.69 Å². The van der Waals surface area contributed by atoms with E-state index >= 15 is 0 Å². The van der Waals surface area contributed by atoms with Crippen molar-refractivity contribution < 1.29 is 19.1 Å². The van der Waals surface area contributed by atoms with E-state index in [0.717, 1.165) is 11.3 Å². The summed E-state index contributed by atoms with van der Waals surface area (Å²) in [6, 6.07) is 12.3. The van der Waals surface area contributed by atoms with Gasteiger partial charge in [0.25, 0.3) is 0 Å². The van der Waals surface area contributed by atoms with Crippen molar-refractivity contribution >= 4 is 17.7 Å². The first kappa shape index (κ1) is 22.0. The zero-order valence-corrected chi connectivity index (χ0v) is 17.5. The van der Waals surface area contributed by atoms with Crippen molar-refractivity contribution in [2.75, 3.05) is 32.2 Å². The van der Waals surface area contributed by atoms with Gasteiger partial charge in [-0.25, -0.2) is 14.3 Å². The van der Waals surface area contributed by atoms with E-state index in [1.165, 1.54) is 0 Å². The average Bonchev–Trinajstić information content (AvgIpc) is 3.28. The van der Waals surface area contributed by atoms with Gasteiger partial charge >= 0.3 is 12.0 Å². The van der Waals surface area contributed by atoms with E-state index < -0.39 is 5.97 Å². The number of anilines is 1. The van der Waals surface area contributed by atoms with Gasteiger partial charge in [-0.1, -0.05) is 6.07 Å². The summed E-state index contributed by atoms with van der Waals surface area (Å²) in [5, 5.41) is 7.12. The van der Waals surface area contributed by atoms with Crippen LogP contribution in [0.5, 0.6) is 0 Å². The summed E-state index contributed by atoms with van der Waals surface area (Å²) in [6.07, 6.45) is 5.11. The van der Waals surface area contributed by atoms with Crippen LogP contribution in [0, 0.1) is 0 Å². The predicted molar refractivity (Wildman–Crippen MR) is 115 cm³/mol. The number of esters is 1. The van der Waals surface area contributed by atoms with Crippen LogP contribution < -0.4 is 5.32 Å². The van der Waals surface area contributed by atoms with Gasteiger partial charge in [0, 0.05) is 44.5 Å². The lowest BCUT2D eigenvalue weighted by atomic mass is 10.2. The predicted octanol–water partition coefficient (Wildman–Crippen LogP) is 3.12. The number of rotatable bonds is 9. The molecule has 0 spiro atoms. The van der Waals surface area contributed by atoms with Gasteiger partial charge in [0.2, 0.25) is 0 Å². The Morgan fingerprint density at radius 2 is 1.97 bits per heavy atom. The second-order valence-corrected chi connectivity index (χ2v) is 6.62. The van der Waals surface area contributed by atoms with Crippen LogP contribution in [-0.4, -0.2) is 58.5 Å². The SMILES string of the molecule is CCOC(=O)c1ccn(-c2ccc(NC(=O)N(CCOC)Cc3cccnc3)cc2)n1. The Bertz CT molecular complexity index is 989. The monoisotopic (exact) mass is 423 g/mol. The molecule has 0 fully saturated rings. The highest BCUT2D eigenvalue weighted by Crippen LogP contribution is 2.15. The smallest absolute Gasteiger partial charge is 0.358 e. The number of nitrogens with zero attached hydrogens (tertiary/aromatic N) is 4. The molecule has 0 bridgehead atoms. The number of nitrogens with one attached hydrogen (secondary N) is 1. The number of carbonyl (C=O) groups is 2. The minimum atomic E-state index is -0.463. The van der Waals surface area contributed by atoms with E-state index in [1.807, 2.05) is 12.1 Å². The first-order chi connectivity index (χ1) is 15.1. The molecule has 0 unspecified atom stereocenters. The molecule has 0 saturated heterocycles. The number of ether oxygens (including phenoxy) is 2. The highest BCUT2D eigenvalue weighted by Gasteiger charge is 2.15. The van der Waals surface area contributed by atoms with Gasteiger partial charge in [0.05, 0.1) is 18.9 Å². The third-order valence-electron chi connectivity index (χ3n) is 4.41. The molecule has 0 aliphatic heterocycles. The van der Waals surface area contributed by atoms with E-state index in [0.29, 0.717) is 32.0 Å². The zero-order chi connectivity index (χ0) is 22.1. The van der Waals surface area contributed by atoms with Crippen LogP contribution in [0.3, 0.4) is 0 Å². The molecule has 9 nitrogen and oxygen atoms in total. The largest absolute Gasteiger partial charge is 0.461 e. The maximum absolute atomic E-state index is 12.8. The Morgan fingerprint density at radius 1 is 1.16 bits per heavy atom. The molecule has 2 amide bonds. The molecule has 3 aromatic rings. The minimum Gasteiger partial charge on any atom is -0.461 e. The second-order valence-electron chi connectivity index (χ2n) is 6.62. The summed E-state index contributed by atoms with van der Waals surface area (Å²) in [5.41, 5.74) is 2.56. The average molecular weight is 423 g/mol. The molecule has 31 heavy (non-hydrogen) atoms. The lowest BCUT2D eigenvalue weighted by Crippen LogP contribution is -2.36. The second kappa shape index (κ2) is 10.9. The van der Waals surface area contributed by atoms with Crippen molar-refractivity contribution in [1.29, 1.82) is 0 Å². The Morgan fingerprint density at radius 3 is 2.65 bits per heavy atom. The fourth-order valence-corrected chi connectivity index (χ4v) is 2.85. The third kappa shape index (κ3) is 6.13. The molecule has 1 aromatic carbocycles. The molecule has 2 aromatic heterocycles. The van der Waals surface area contributed by atoms with Crippen LogP contribution in [0.2, 0.25) is 0 Å². The molecule has 0 aliphatic carbocycles. The summed E-state index contributed by atoms with van der Waals surface area (Å²) in [6.45, 7) is 3.33. The maximum Gasteiger partial charge on any atom is 0.358 e. The molecule has 0 radical (unpaired) electrons. The Labute approximate surface area is 180 Å². The number of pyridine rings is 1. The molecule has 9 heteroatoms. The lowest BCUT2D eigenvalue weighted by Gasteiger charge is -2.23. The fraction of sp³-hybridized carbons (Fsp3) is 0.273.